The van der Waals surface area contributed by atoms with Crippen molar-refractivity contribution < 1.29 is 9.53 Å². The first kappa shape index (κ1) is 19.5. The molecule has 8 heteroatoms. The summed E-state index contributed by atoms with van der Waals surface area (Å²) in [5.41, 5.74) is 2.76. The lowest BCUT2D eigenvalue weighted by atomic mass is 9.96. The molecule has 6 nitrogen and oxygen atoms in total. The Hall–Kier alpha value is -2.83. The van der Waals surface area contributed by atoms with Gasteiger partial charge < -0.3 is 10.1 Å². The van der Waals surface area contributed by atoms with E-state index in [9.17, 15) is 4.79 Å². The van der Waals surface area contributed by atoms with Gasteiger partial charge in [-0.3, -0.25) is 0 Å². The maximum absolute atomic E-state index is 12.8. The number of hydrogen-bond acceptors (Lipinski definition) is 5. The summed E-state index contributed by atoms with van der Waals surface area (Å²) in [6, 6.07) is 14.1. The molecule has 2 heterocycles. The minimum Gasteiger partial charge on any atom is -0.463 e. The summed E-state index contributed by atoms with van der Waals surface area (Å²) in [4.78, 5) is 17.4. The van der Waals surface area contributed by atoms with Crippen LogP contribution in [-0.2, 0) is 9.53 Å². The first-order chi connectivity index (χ1) is 14.0. The van der Waals surface area contributed by atoms with Crippen molar-refractivity contribution in [2.75, 3.05) is 11.9 Å². The molecule has 1 aromatic heterocycles. The first-order valence-corrected chi connectivity index (χ1v) is 9.86. The molecule has 0 spiro atoms. The zero-order chi connectivity index (χ0) is 20.5. The maximum atomic E-state index is 12.8. The quantitative estimate of drug-likeness (QED) is 0.585. The minimum atomic E-state index is -0.516. The number of nitrogens with zero attached hydrogens (tertiary/aromatic N) is 3. The van der Waals surface area contributed by atoms with Crippen LogP contribution in [0.4, 0.5) is 5.95 Å². The third-order valence-electron chi connectivity index (χ3n) is 4.61. The van der Waals surface area contributed by atoms with Crippen LogP contribution < -0.4 is 5.32 Å². The minimum absolute atomic E-state index is 0.276. The number of carbonyl (C=O) groups is 1. The van der Waals surface area contributed by atoms with E-state index in [1.807, 2.05) is 37.3 Å². The molecular weight excluding hydrogens is 411 g/mol. The zero-order valence-electron chi connectivity index (χ0n) is 15.8. The fraction of sp³-hybridized carbons (Fsp3) is 0.190. The number of hydrogen-bond donors (Lipinski definition) is 1. The molecule has 0 saturated heterocycles. The van der Waals surface area contributed by atoms with E-state index in [2.05, 4.69) is 15.4 Å². The van der Waals surface area contributed by atoms with E-state index in [-0.39, 0.29) is 6.61 Å². The molecule has 2 aromatic carbocycles. The maximum Gasteiger partial charge on any atom is 0.338 e. The Kier molecular flexibility index (Phi) is 5.30. The zero-order valence-corrected chi connectivity index (χ0v) is 17.3. The van der Waals surface area contributed by atoms with Crippen LogP contribution in [0.3, 0.4) is 0 Å². The lowest BCUT2D eigenvalue weighted by Crippen LogP contribution is -2.29. The van der Waals surface area contributed by atoms with Crippen LogP contribution >= 0.6 is 23.2 Å². The van der Waals surface area contributed by atoms with Crippen molar-refractivity contribution in [3.05, 3.63) is 75.4 Å². The molecule has 1 unspecified atom stereocenters. The molecule has 29 heavy (non-hydrogen) atoms. The van der Waals surface area contributed by atoms with Gasteiger partial charge in [-0.2, -0.15) is 4.98 Å². The number of fused-ring (bicyclic) bond motifs is 1. The highest BCUT2D eigenvalue weighted by Gasteiger charge is 2.35. The predicted molar refractivity (Wildman–Crippen MR) is 113 cm³/mol. The molecule has 1 atom stereocenters. The summed E-state index contributed by atoms with van der Waals surface area (Å²) in [5, 5.41) is 9.06. The molecule has 1 N–H and O–H groups in total. The summed E-state index contributed by atoms with van der Waals surface area (Å²) in [5.74, 6) is 0.649. The van der Waals surface area contributed by atoms with E-state index >= 15 is 0 Å². The Balaban J connectivity index is 1.86. The van der Waals surface area contributed by atoms with Gasteiger partial charge in [0.25, 0.3) is 0 Å². The van der Waals surface area contributed by atoms with E-state index in [0.29, 0.717) is 33.1 Å². The van der Waals surface area contributed by atoms with Crippen LogP contribution in [0.2, 0.25) is 10.0 Å². The summed E-state index contributed by atoms with van der Waals surface area (Å²) in [7, 11) is 0. The normalized spacial score (nSPS) is 15.7. The number of halogens is 2. The van der Waals surface area contributed by atoms with Crippen molar-refractivity contribution in [1.82, 2.24) is 14.8 Å². The molecule has 0 saturated carbocycles. The van der Waals surface area contributed by atoms with Crippen molar-refractivity contribution >= 4 is 35.1 Å². The van der Waals surface area contributed by atoms with Crippen molar-refractivity contribution in [3.8, 4) is 11.4 Å². The Morgan fingerprint density at radius 2 is 1.93 bits per heavy atom. The summed E-state index contributed by atoms with van der Waals surface area (Å²) in [6.07, 6.45) is 0. The third-order valence-corrected chi connectivity index (χ3v) is 5.10. The van der Waals surface area contributed by atoms with Crippen LogP contribution in [0.25, 0.3) is 11.4 Å². The molecule has 3 aromatic rings. The lowest BCUT2D eigenvalue weighted by molar-refractivity contribution is -0.139. The molecule has 1 aliphatic rings. The smallest absolute Gasteiger partial charge is 0.338 e. The van der Waals surface area contributed by atoms with Gasteiger partial charge in [-0.25, -0.2) is 9.48 Å². The average Bonchev–Trinajstić information content (AvgIpc) is 3.11. The van der Waals surface area contributed by atoms with Gasteiger partial charge in [0.2, 0.25) is 5.95 Å². The second-order valence-corrected chi connectivity index (χ2v) is 7.43. The van der Waals surface area contributed by atoms with Gasteiger partial charge in [0, 0.05) is 21.3 Å². The number of benzene rings is 2. The number of allylic oxidation sites excluding steroid dienone is 1. The number of rotatable bonds is 4. The van der Waals surface area contributed by atoms with Crippen LogP contribution in [0, 0.1) is 0 Å². The van der Waals surface area contributed by atoms with Gasteiger partial charge in [-0.15, -0.1) is 5.10 Å². The molecule has 0 amide bonds. The van der Waals surface area contributed by atoms with Gasteiger partial charge in [0.05, 0.1) is 12.2 Å². The monoisotopic (exact) mass is 428 g/mol. The number of nitrogens with one attached hydrogen (secondary N) is 1. The van der Waals surface area contributed by atoms with E-state index < -0.39 is 12.0 Å². The molecule has 1 aliphatic heterocycles. The van der Waals surface area contributed by atoms with Crippen molar-refractivity contribution in [1.29, 1.82) is 0 Å². The number of carbonyl (C=O) groups excluding carboxylic acids is 1. The highest BCUT2D eigenvalue weighted by molar-refractivity contribution is 6.30. The predicted octanol–water partition coefficient (Wildman–Crippen LogP) is 5.10. The topological polar surface area (TPSA) is 69.0 Å². The Morgan fingerprint density at radius 1 is 1.17 bits per heavy atom. The highest BCUT2D eigenvalue weighted by Crippen LogP contribution is 2.37. The molecule has 0 bridgehead atoms. The molecule has 0 fully saturated rings. The fourth-order valence-electron chi connectivity index (χ4n) is 3.33. The van der Waals surface area contributed by atoms with E-state index in [1.54, 1.807) is 29.8 Å². The van der Waals surface area contributed by atoms with Crippen molar-refractivity contribution in [2.45, 2.75) is 19.9 Å². The average molecular weight is 429 g/mol. The standard InChI is InChI=1S/C21H18Cl2N4O2/c1-3-29-20(28)17-12(2)24-21-25-19(13-7-9-15(22)10-8-13)26-27(21)18(17)14-5-4-6-16(23)11-14/h4-11,18H,3H2,1-2H3,(H,24,25,26). The number of aromatic nitrogens is 3. The van der Waals surface area contributed by atoms with E-state index in [0.717, 1.165) is 11.1 Å². The van der Waals surface area contributed by atoms with Gasteiger partial charge in [0.1, 0.15) is 6.04 Å². The summed E-state index contributed by atoms with van der Waals surface area (Å²) in [6.45, 7) is 3.88. The van der Waals surface area contributed by atoms with Crippen LogP contribution in [0.15, 0.2) is 59.8 Å². The number of esters is 1. The molecule has 0 aliphatic carbocycles. The van der Waals surface area contributed by atoms with E-state index in [1.165, 1.54) is 0 Å². The Morgan fingerprint density at radius 3 is 2.62 bits per heavy atom. The molecule has 4 rings (SSSR count). The van der Waals surface area contributed by atoms with Crippen LogP contribution in [0.1, 0.15) is 25.5 Å². The van der Waals surface area contributed by atoms with Crippen LogP contribution in [0.5, 0.6) is 0 Å². The van der Waals surface area contributed by atoms with Gasteiger partial charge in [0.15, 0.2) is 5.82 Å². The van der Waals surface area contributed by atoms with Gasteiger partial charge in [-0.1, -0.05) is 35.3 Å². The second kappa shape index (κ2) is 7.89. The van der Waals surface area contributed by atoms with Crippen molar-refractivity contribution in [2.24, 2.45) is 0 Å². The van der Waals surface area contributed by atoms with E-state index in [4.69, 9.17) is 27.9 Å². The second-order valence-electron chi connectivity index (χ2n) is 6.55. The molecule has 148 valence electrons. The molecular formula is C21H18Cl2N4O2. The summed E-state index contributed by atoms with van der Waals surface area (Å²) < 4.78 is 7.00. The van der Waals surface area contributed by atoms with Crippen molar-refractivity contribution in [3.63, 3.8) is 0 Å². The largest absolute Gasteiger partial charge is 0.463 e. The van der Waals surface area contributed by atoms with Crippen LogP contribution in [-0.4, -0.2) is 27.3 Å². The summed E-state index contributed by atoms with van der Waals surface area (Å²) >= 11 is 12.2. The number of anilines is 1. The lowest BCUT2D eigenvalue weighted by Gasteiger charge is -2.28. The fourth-order valence-corrected chi connectivity index (χ4v) is 3.66. The molecule has 0 radical (unpaired) electrons. The third kappa shape index (κ3) is 3.73. The SMILES string of the molecule is CCOC(=O)C1=C(C)Nc2nc(-c3ccc(Cl)cc3)nn2C1c1cccc(Cl)c1. The van der Waals surface area contributed by atoms with Gasteiger partial charge >= 0.3 is 5.97 Å². The van der Waals surface area contributed by atoms with Gasteiger partial charge in [-0.05, 0) is 55.8 Å². The Bertz CT molecular complexity index is 1110. The first-order valence-electron chi connectivity index (χ1n) is 9.10. The highest BCUT2D eigenvalue weighted by atomic mass is 35.5. The number of ether oxygens (including phenoxy) is 1. The Labute approximate surface area is 178 Å².